The molecule has 0 fully saturated rings. The predicted octanol–water partition coefficient (Wildman–Crippen LogP) is 5.83. The second-order valence-electron chi connectivity index (χ2n) is 6.75. The summed E-state index contributed by atoms with van der Waals surface area (Å²) in [4.78, 5) is 24.7. The Balaban J connectivity index is 2.44. The number of carboxylic acid groups (broad SMARTS) is 1. The minimum Gasteiger partial charge on any atom is -0.478 e. The zero-order chi connectivity index (χ0) is 19.2. The van der Waals surface area contributed by atoms with Crippen molar-refractivity contribution < 1.29 is 19.4 Å². The second-order valence-corrected chi connectivity index (χ2v) is 6.75. The number of benzene rings is 2. The molecule has 2 aromatic rings. The van der Waals surface area contributed by atoms with E-state index < -0.39 is 17.5 Å². The van der Waals surface area contributed by atoms with Crippen molar-refractivity contribution in [2.75, 3.05) is 0 Å². The number of ether oxygens (including phenoxy) is 1. The summed E-state index contributed by atoms with van der Waals surface area (Å²) >= 11 is 0. The maximum Gasteiger partial charge on any atom is 0.340 e. The molecule has 4 heteroatoms. The fraction of sp³-hybridized carbons (Fsp3) is 0.455. The standard InChI is InChI=1S/C22H28O4/c1-4-7-10-15-22(5-2,6-3)26-21(25)19-17-12-9-8-11-16(17)13-14-18(19)20(23)24/h8-9,11-14H,4-7,10,15H2,1-3H3,(H,23,24). The van der Waals surface area contributed by atoms with Gasteiger partial charge >= 0.3 is 11.9 Å². The van der Waals surface area contributed by atoms with Crippen molar-refractivity contribution in [1.29, 1.82) is 0 Å². The largest absolute Gasteiger partial charge is 0.478 e. The van der Waals surface area contributed by atoms with E-state index in [9.17, 15) is 14.7 Å². The van der Waals surface area contributed by atoms with E-state index in [1.165, 1.54) is 6.07 Å². The first-order valence-electron chi connectivity index (χ1n) is 9.46. The van der Waals surface area contributed by atoms with Gasteiger partial charge in [0.2, 0.25) is 0 Å². The summed E-state index contributed by atoms with van der Waals surface area (Å²) < 4.78 is 5.97. The van der Waals surface area contributed by atoms with Crippen LogP contribution < -0.4 is 0 Å². The average molecular weight is 356 g/mol. The maximum atomic E-state index is 13.1. The zero-order valence-corrected chi connectivity index (χ0v) is 15.9. The highest BCUT2D eigenvalue weighted by molar-refractivity contribution is 6.12. The van der Waals surface area contributed by atoms with Crippen molar-refractivity contribution in [2.24, 2.45) is 0 Å². The number of carbonyl (C=O) groups excluding carboxylic acids is 1. The highest BCUT2D eigenvalue weighted by Crippen LogP contribution is 2.31. The van der Waals surface area contributed by atoms with Gasteiger partial charge in [-0.1, -0.05) is 63.9 Å². The number of carboxylic acids is 1. The Morgan fingerprint density at radius 3 is 2.31 bits per heavy atom. The molecule has 0 saturated carbocycles. The van der Waals surface area contributed by atoms with Crippen LogP contribution in [0.15, 0.2) is 36.4 Å². The number of rotatable bonds is 9. The van der Waals surface area contributed by atoms with Gasteiger partial charge in [-0.2, -0.15) is 0 Å². The Labute approximate surface area is 155 Å². The minimum atomic E-state index is -1.12. The van der Waals surface area contributed by atoms with Gasteiger partial charge in [-0.05, 0) is 42.5 Å². The monoisotopic (exact) mass is 356 g/mol. The summed E-state index contributed by atoms with van der Waals surface area (Å²) in [5, 5.41) is 11.0. The number of carbonyl (C=O) groups is 2. The molecule has 0 amide bonds. The summed E-state index contributed by atoms with van der Waals surface area (Å²) in [5.74, 6) is -1.66. The summed E-state index contributed by atoms with van der Waals surface area (Å²) in [7, 11) is 0. The van der Waals surface area contributed by atoms with Gasteiger partial charge in [0.25, 0.3) is 0 Å². The first kappa shape index (κ1) is 20.0. The molecule has 0 radical (unpaired) electrons. The molecule has 26 heavy (non-hydrogen) atoms. The molecule has 0 aliphatic carbocycles. The molecule has 0 aliphatic rings. The second kappa shape index (κ2) is 8.84. The predicted molar refractivity (Wildman–Crippen MR) is 104 cm³/mol. The van der Waals surface area contributed by atoms with Crippen LogP contribution in [0.1, 0.15) is 80.0 Å². The van der Waals surface area contributed by atoms with Crippen molar-refractivity contribution in [3.05, 3.63) is 47.5 Å². The molecule has 1 N–H and O–H groups in total. The van der Waals surface area contributed by atoms with Crippen LogP contribution in [0, 0.1) is 0 Å². The van der Waals surface area contributed by atoms with Crippen molar-refractivity contribution >= 4 is 22.7 Å². The molecule has 0 unspecified atom stereocenters. The van der Waals surface area contributed by atoms with E-state index in [4.69, 9.17) is 4.74 Å². The molecule has 4 nitrogen and oxygen atoms in total. The number of hydrogen-bond donors (Lipinski definition) is 1. The molecule has 0 saturated heterocycles. The van der Waals surface area contributed by atoms with Crippen LogP contribution in [0.3, 0.4) is 0 Å². The molecule has 0 aliphatic heterocycles. The average Bonchev–Trinajstić information content (AvgIpc) is 2.66. The number of unbranched alkanes of at least 4 members (excludes halogenated alkanes) is 2. The van der Waals surface area contributed by atoms with Gasteiger partial charge in [0.05, 0.1) is 11.1 Å². The Morgan fingerprint density at radius 2 is 1.69 bits per heavy atom. The molecule has 0 aromatic heterocycles. The fourth-order valence-electron chi connectivity index (χ4n) is 3.41. The minimum absolute atomic E-state index is 0.0108. The van der Waals surface area contributed by atoms with Crippen LogP contribution in [-0.2, 0) is 4.74 Å². The van der Waals surface area contributed by atoms with E-state index in [2.05, 4.69) is 6.92 Å². The normalized spacial score (nSPS) is 11.5. The van der Waals surface area contributed by atoms with Crippen LogP contribution in [-0.4, -0.2) is 22.6 Å². The topological polar surface area (TPSA) is 63.6 Å². The first-order chi connectivity index (χ1) is 12.5. The Hall–Kier alpha value is -2.36. The highest BCUT2D eigenvalue weighted by Gasteiger charge is 2.32. The zero-order valence-electron chi connectivity index (χ0n) is 15.9. The summed E-state index contributed by atoms with van der Waals surface area (Å²) in [5.41, 5.74) is -0.403. The third-order valence-corrected chi connectivity index (χ3v) is 5.20. The maximum absolute atomic E-state index is 13.1. The van der Waals surface area contributed by atoms with Gasteiger partial charge in [0.15, 0.2) is 0 Å². The van der Waals surface area contributed by atoms with Gasteiger partial charge in [0.1, 0.15) is 5.60 Å². The van der Waals surface area contributed by atoms with E-state index in [0.717, 1.165) is 31.1 Å². The highest BCUT2D eigenvalue weighted by atomic mass is 16.6. The number of esters is 1. The Bertz CT molecular complexity index is 775. The van der Waals surface area contributed by atoms with Gasteiger partial charge in [0, 0.05) is 0 Å². The van der Waals surface area contributed by atoms with Gasteiger partial charge in [-0.15, -0.1) is 0 Å². The third-order valence-electron chi connectivity index (χ3n) is 5.20. The van der Waals surface area contributed by atoms with Crippen LogP contribution in [0.4, 0.5) is 0 Å². The summed E-state index contributed by atoms with van der Waals surface area (Å²) in [6.07, 6.45) is 5.41. The lowest BCUT2D eigenvalue weighted by atomic mass is 9.90. The molecule has 0 atom stereocenters. The Morgan fingerprint density at radius 1 is 1.00 bits per heavy atom. The van der Waals surface area contributed by atoms with Gasteiger partial charge in [-0.25, -0.2) is 9.59 Å². The van der Waals surface area contributed by atoms with E-state index >= 15 is 0 Å². The van der Waals surface area contributed by atoms with E-state index in [1.807, 2.05) is 26.0 Å². The molecule has 0 bridgehead atoms. The molecular weight excluding hydrogens is 328 g/mol. The molecule has 140 valence electrons. The first-order valence-corrected chi connectivity index (χ1v) is 9.46. The van der Waals surface area contributed by atoms with Crippen molar-refractivity contribution in [3.8, 4) is 0 Å². The SMILES string of the molecule is CCCCCC(CC)(CC)OC(=O)c1c(C(=O)O)ccc2ccccc12. The third kappa shape index (κ3) is 4.24. The quantitative estimate of drug-likeness (QED) is 0.453. The van der Waals surface area contributed by atoms with E-state index in [1.54, 1.807) is 18.2 Å². The number of aromatic carboxylic acids is 1. The van der Waals surface area contributed by atoms with Crippen LogP contribution in [0.5, 0.6) is 0 Å². The van der Waals surface area contributed by atoms with E-state index in [0.29, 0.717) is 18.2 Å². The van der Waals surface area contributed by atoms with Crippen LogP contribution in [0.2, 0.25) is 0 Å². The van der Waals surface area contributed by atoms with Crippen molar-refractivity contribution in [3.63, 3.8) is 0 Å². The summed E-state index contributed by atoms with van der Waals surface area (Å²) in [6, 6.07) is 10.5. The molecule has 0 spiro atoms. The molecule has 0 heterocycles. The van der Waals surface area contributed by atoms with Crippen molar-refractivity contribution in [2.45, 2.75) is 64.9 Å². The summed E-state index contributed by atoms with van der Waals surface area (Å²) in [6.45, 7) is 6.18. The molecular formula is C22H28O4. The van der Waals surface area contributed by atoms with E-state index in [-0.39, 0.29) is 11.1 Å². The molecule has 2 rings (SSSR count). The smallest absolute Gasteiger partial charge is 0.340 e. The van der Waals surface area contributed by atoms with Crippen molar-refractivity contribution in [1.82, 2.24) is 0 Å². The lowest BCUT2D eigenvalue weighted by Crippen LogP contribution is -2.34. The Kier molecular flexibility index (Phi) is 6.78. The lowest BCUT2D eigenvalue weighted by Gasteiger charge is -2.32. The van der Waals surface area contributed by atoms with Crippen LogP contribution >= 0.6 is 0 Å². The fourth-order valence-corrected chi connectivity index (χ4v) is 3.41. The number of hydrogen-bond acceptors (Lipinski definition) is 3. The van der Waals surface area contributed by atoms with Gasteiger partial charge in [-0.3, -0.25) is 0 Å². The number of fused-ring (bicyclic) bond motifs is 1. The molecule has 2 aromatic carbocycles. The lowest BCUT2D eigenvalue weighted by molar-refractivity contribution is -0.0285. The van der Waals surface area contributed by atoms with Crippen LogP contribution in [0.25, 0.3) is 10.8 Å². The van der Waals surface area contributed by atoms with Gasteiger partial charge < -0.3 is 9.84 Å².